The van der Waals surface area contributed by atoms with E-state index in [1.807, 2.05) is 36.4 Å². The van der Waals surface area contributed by atoms with Crippen LogP contribution in [-0.2, 0) is 4.79 Å². The highest BCUT2D eigenvalue weighted by Crippen LogP contribution is 2.54. The van der Waals surface area contributed by atoms with Crippen molar-refractivity contribution in [1.29, 1.82) is 0 Å². The van der Waals surface area contributed by atoms with Gasteiger partial charge in [-0.15, -0.1) is 0 Å². The molecule has 0 bridgehead atoms. The molecule has 160 valence electrons. The molecule has 2 aliphatic rings. The molecule has 30 heavy (non-hydrogen) atoms. The molecule has 2 N–H and O–H groups in total. The SMILES string of the molecule is CC(C)c1cccc(C(C(=O)C(c2cccc(C(C)C)c2O)C2CC2)C2CC2)c1O. The van der Waals surface area contributed by atoms with Gasteiger partial charge in [-0.3, -0.25) is 4.79 Å². The number of Topliss-reactive ketones (excluding diaryl/α,β-unsaturated/α-hetero) is 1. The Morgan fingerprint density at radius 2 is 1.03 bits per heavy atom. The van der Waals surface area contributed by atoms with E-state index in [9.17, 15) is 15.0 Å². The van der Waals surface area contributed by atoms with E-state index >= 15 is 0 Å². The fourth-order valence-corrected chi connectivity index (χ4v) is 4.93. The van der Waals surface area contributed by atoms with Crippen molar-refractivity contribution < 1.29 is 15.0 Å². The van der Waals surface area contributed by atoms with E-state index in [1.165, 1.54) is 0 Å². The average Bonchev–Trinajstić information content (AvgIpc) is 3.59. The van der Waals surface area contributed by atoms with Gasteiger partial charge in [-0.25, -0.2) is 0 Å². The number of phenolic OH excluding ortho intramolecular Hbond substituents is 2. The second-order valence-corrected chi connectivity index (χ2v) is 9.91. The molecule has 0 amide bonds. The summed E-state index contributed by atoms with van der Waals surface area (Å²) in [5.74, 6) is 1.14. The minimum atomic E-state index is -0.295. The van der Waals surface area contributed by atoms with E-state index in [0.29, 0.717) is 11.8 Å². The van der Waals surface area contributed by atoms with Crippen molar-refractivity contribution in [2.45, 2.75) is 77.0 Å². The number of benzene rings is 2. The Morgan fingerprint density at radius 3 is 1.33 bits per heavy atom. The van der Waals surface area contributed by atoms with Gasteiger partial charge in [-0.05, 0) is 60.5 Å². The highest BCUT2D eigenvalue weighted by atomic mass is 16.3. The zero-order chi connectivity index (χ0) is 21.6. The van der Waals surface area contributed by atoms with Gasteiger partial charge in [-0.1, -0.05) is 64.1 Å². The smallest absolute Gasteiger partial charge is 0.148 e. The minimum Gasteiger partial charge on any atom is -0.507 e. The predicted octanol–water partition coefficient (Wildman–Crippen LogP) is 6.60. The molecule has 0 saturated heterocycles. The highest BCUT2D eigenvalue weighted by molar-refractivity contribution is 5.94. The van der Waals surface area contributed by atoms with E-state index in [0.717, 1.165) is 47.9 Å². The van der Waals surface area contributed by atoms with Crippen molar-refractivity contribution in [3.63, 3.8) is 0 Å². The molecule has 2 aliphatic carbocycles. The summed E-state index contributed by atoms with van der Waals surface area (Å²) in [5.41, 5.74) is 3.36. The molecular weight excluding hydrogens is 372 g/mol. The topological polar surface area (TPSA) is 57.5 Å². The van der Waals surface area contributed by atoms with Crippen LogP contribution in [0.2, 0.25) is 0 Å². The standard InChI is InChI=1S/C27H34O3/c1-15(2)19-7-5-9-21(25(19)28)23(17-11-12-17)27(30)24(18-13-14-18)22-10-6-8-20(16(3)4)26(22)29/h5-10,15-18,23-24,28-29H,11-14H2,1-4H3. The van der Waals surface area contributed by atoms with E-state index in [1.54, 1.807) is 0 Å². The molecule has 2 aromatic rings. The van der Waals surface area contributed by atoms with Crippen molar-refractivity contribution in [3.8, 4) is 11.5 Å². The summed E-state index contributed by atoms with van der Waals surface area (Å²) < 4.78 is 0. The van der Waals surface area contributed by atoms with Crippen LogP contribution in [0, 0.1) is 11.8 Å². The molecule has 2 unspecified atom stereocenters. The molecule has 2 aromatic carbocycles. The maximum atomic E-state index is 14.1. The van der Waals surface area contributed by atoms with Gasteiger partial charge in [-0.2, -0.15) is 0 Å². The molecule has 2 fully saturated rings. The Labute approximate surface area is 180 Å². The fraction of sp³-hybridized carbons (Fsp3) is 0.519. The van der Waals surface area contributed by atoms with E-state index in [4.69, 9.17) is 0 Å². The first kappa shape index (κ1) is 21.0. The van der Waals surface area contributed by atoms with Crippen LogP contribution in [0.4, 0.5) is 0 Å². The lowest BCUT2D eigenvalue weighted by atomic mass is 9.77. The van der Waals surface area contributed by atoms with E-state index in [-0.39, 0.29) is 41.0 Å². The van der Waals surface area contributed by atoms with Gasteiger partial charge >= 0.3 is 0 Å². The van der Waals surface area contributed by atoms with Gasteiger partial charge in [0.2, 0.25) is 0 Å². The van der Waals surface area contributed by atoms with Crippen LogP contribution in [0.3, 0.4) is 0 Å². The quantitative estimate of drug-likeness (QED) is 0.519. The Morgan fingerprint density at radius 1 is 0.700 bits per heavy atom. The zero-order valence-electron chi connectivity index (χ0n) is 18.6. The summed E-state index contributed by atoms with van der Waals surface area (Å²) >= 11 is 0. The largest absolute Gasteiger partial charge is 0.507 e. The number of hydrogen-bond acceptors (Lipinski definition) is 3. The summed E-state index contributed by atoms with van der Waals surface area (Å²) in [7, 11) is 0. The van der Waals surface area contributed by atoms with Crippen molar-refractivity contribution in [1.82, 2.24) is 0 Å². The van der Waals surface area contributed by atoms with Crippen LogP contribution in [0.15, 0.2) is 36.4 Å². The molecule has 0 radical (unpaired) electrons. The lowest BCUT2D eigenvalue weighted by Gasteiger charge is -2.26. The van der Waals surface area contributed by atoms with Crippen molar-refractivity contribution >= 4 is 5.78 Å². The first-order valence-corrected chi connectivity index (χ1v) is 11.5. The zero-order valence-corrected chi connectivity index (χ0v) is 18.6. The van der Waals surface area contributed by atoms with Gasteiger partial charge in [0.15, 0.2) is 0 Å². The third kappa shape index (κ3) is 3.87. The van der Waals surface area contributed by atoms with E-state index < -0.39 is 0 Å². The molecule has 3 nitrogen and oxygen atoms in total. The van der Waals surface area contributed by atoms with Gasteiger partial charge in [0.1, 0.15) is 17.3 Å². The lowest BCUT2D eigenvalue weighted by molar-refractivity contribution is -0.123. The van der Waals surface area contributed by atoms with Gasteiger partial charge < -0.3 is 10.2 Å². The van der Waals surface area contributed by atoms with Gasteiger partial charge in [0.05, 0.1) is 0 Å². The molecule has 0 heterocycles. The Kier molecular flexibility index (Phi) is 5.65. The summed E-state index contributed by atoms with van der Waals surface area (Å²) in [6.45, 7) is 8.26. The predicted molar refractivity (Wildman–Crippen MR) is 120 cm³/mol. The fourth-order valence-electron chi connectivity index (χ4n) is 4.93. The number of carbonyl (C=O) groups is 1. The molecule has 3 heteroatoms. The van der Waals surface area contributed by atoms with Crippen LogP contribution >= 0.6 is 0 Å². The lowest BCUT2D eigenvalue weighted by Crippen LogP contribution is -2.24. The van der Waals surface area contributed by atoms with E-state index in [2.05, 4.69) is 27.7 Å². The number of ketones is 1. The average molecular weight is 407 g/mol. The highest BCUT2D eigenvalue weighted by Gasteiger charge is 2.47. The number of rotatable bonds is 8. The Bertz CT molecular complexity index is 860. The number of para-hydroxylation sites is 2. The van der Waals surface area contributed by atoms with Crippen LogP contribution in [0.1, 0.15) is 99.3 Å². The summed E-state index contributed by atoms with van der Waals surface area (Å²) in [5, 5.41) is 22.1. The van der Waals surface area contributed by atoms with Crippen LogP contribution in [0.25, 0.3) is 0 Å². The summed E-state index contributed by atoms with van der Waals surface area (Å²) in [4.78, 5) is 14.1. The second kappa shape index (κ2) is 8.09. The molecule has 0 aliphatic heterocycles. The van der Waals surface area contributed by atoms with Crippen molar-refractivity contribution in [3.05, 3.63) is 58.7 Å². The number of aromatic hydroxyl groups is 2. The van der Waals surface area contributed by atoms with Crippen molar-refractivity contribution in [2.75, 3.05) is 0 Å². The van der Waals surface area contributed by atoms with Crippen LogP contribution in [0.5, 0.6) is 11.5 Å². The van der Waals surface area contributed by atoms with Crippen LogP contribution < -0.4 is 0 Å². The maximum Gasteiger partial charge on any atom is 0.148 e. The molecule has 0 spiro atoms. The molecule has 2 saturated carbocycles. The second-order valence-electron chi connectivity index (χ2n) is 9.91. The first-order chi connectivity index (χ1) is 14.3. The minimum absolute atomic E-state index is 0.174. The molecule has 4 rings (SSSR count). The third-order valence-corrected chi connectivity index (χ3v) is 6.91. The monoisotopic (exact) mass is 406 g/mol. The van der Waals surface area contributed by atoms with Gasteiger partial charge in [0.25, 0.3) is 0 Å². The normalized spacial score (nSPS) is 18.6. The van der Waals surface area contributed by atoms with Crippen molar-refractivity contribution in [2.24, 2.45) is 11.8 Å². The Hall–Kier alpha value is -2.29. The number of hydrogen-bond donors (Lipinski definition) is 2. The summed E-state index contributed by atoms with van der Waals surface area (Å²) in [6, 6.07) is 11.7. The summed E-state index contributed by atoms with van der Waals surface area (Å²) in [6.07, 6.45) is 4.10. The third-order valence-electron chi connectivity index (χ3n) is 6.91. The first-order valence-electron chi connectivity index (χ1n) is 11.5. The number of phenols is 2. The molecular formula is C27H34O3. The Balaban J connectivity index is 1.77. The number of carbonyl (C=O) groups excluding carboxylic acids is 1. The van der Waals surface area contributed by atoms with Gasteiger partial charge in [0, 0.05) is 23.0 Å². The molecule has 0 aromatic heterocycles. The maximum absolute atomic E-state index is 14.1. The molecule has 2 atom stereocenters. The van der Waals surface area contributed by atoms with Crippen LogP contribution in [-0.4, -0.2) is 16.0 Å².